The van der Waals surface area contributed by atoms with E-state index >= 15 is 0 Å². The number of hydrogen-bond acceptors (Lipinski definition) is 5. The van der Waals surface area contributed by atoms with Gasteiger partial charge in [-0.1, -0.05) is 17.4 Å². The number of carbonyl (C=O) groups is 2. The van der Waals surface area contributed by atoms with Gasteiger partial charge >= 0.3 is 0 Å². The van der Waals surface area contributed by atoms with Gasteiger partial charge in [-0.2, -0.15) is 0 Å². The molecule has 2 rings (SSSR count). The number of aromatic nitrogens is 1. The molecule has 2 heterocycles. The van der Waals surface area contributed by atoms with Crippen molar-refractivity contribution in [2.75, 3.05) is 5.32 Å². The van der Waals surface area contributed by atoms with Crippen molar-refractivity contribution in [3.05, 3.63) is 33.0 Å². The van der Waals surface area contributed by atoms with Crippen molar-refractivity contribution in [3.63, 3.8) is 0 Å². The summed E-state index contributed by atoms with van der Waals surface area (Å²) >= 11 is 2.87. The summed E-state index contributed by atoms with van der Waals surface area (Å²) in [7, 11) is 0. The first kappa shape index (κ1) is 13.9. The van der Waals surface area contributed by atoms with E-state index in [1.54, 1.807) is 18.3 Å². The molecule has 0 aromatic carbocycles. The molecule has 2 aromatic rings. The SMILES string of the molecule is CC(=O)c1sc(NC(=O)CCc2cccs2)nc1C. The zero-order valence-corrected chi connectivity index (χ0v) is 12.4. The van der Waals surface area contributed by atoms with Crippen LogP contribution in [-0.4, -0.2) is 16.7 Å². The Morgan fingerprint density at radius 1 is 1.42 bits per heavy atom. The molecule has 0 bridgehead atoms. The first-order valence-corrected chi connectivity index (χ1v) is 7.56. The molecule has 0 spiro atoms. The standard InChI is InChI=1S/C13H14N2O2S2/c1-8-12(9(2)16)19-13(14-8)15-11(17)6-5-10-4-3-7-18-10/h3-4,7H,5-6H2,1-2H3,(H,14,15,17). The molecule has 6 heteroatoms. The van der Waals surface area contributed by atoms with Gasteiger partial charge in [-0.25, -0.2) is 4.98 Å². The molecule has 19 heavy (non-hydrogen) atoms. The topological polar surface area (TPSA) is 59.1 Å². The van der Waals surface area contributed by atoms with E-state index in [1.165, 1.54) is 23.1 Å². The minimum absolute atomic E-state index is 0.0194. The molecule has 0 unspecified atom stereocenters. The highest BCUT2D eigenvalue weighted by Crippen LogP contribution is 2.23. The minimum atomic E-state index is -0.0720. The van der Waals surface area contributed by atoms with Crippen LogP contribution in [0.25, 0.3) is 0 Å². The lowest BCUT2D eigenvalue weighted by Crippen LogP contribution is -2.11. The van der Waals surface area contributed by atoms with Crippen LogP contribution in [0, 0.1) is 6.92 Å². The Morgan fingerprint density at radius 2 is 2.21 bits per heavy atom. The van der Waals surface area contributed by atoms with Crippen molar-refractivity contribution in [2.24, 2.45) is 0 Å². The van der Waals surface area contributed by atoms with Crippen LogP contribution in [0.1, 0.15) is 33.6 Å². The maximum Gasteiger partial charge on any atom is 0.226 e. The number of aryl methyl sites for hydroxylation is 2. The van der Waals surface area contributed by atoms with Crippen LogP contribution in [0.5, 0.6) is 0 Å². The second-order valence-corrected chi connectivity index (χ2v) is 6.15. The molecule has 2 aromatic heterocycles. The van der Waals surface area contributed by atoms with Crippen molar-refractivity contribution in [1.29, 1.82) is 0 Å². The maximum atomic E-state index is 11.8. The van der Waals surface area contributed by atoms with Gasteiger partial charge in [0.15, 0.2) is 10.9 Å². The van der Waals surface area contributed by atoms with E-state index in [0.29, 0.717) is 22.1 Å². The van der Waals surface area contributed by atoms with Crippen molar-refractivity contribution in [2.45, 2.75) is 26.7 Å². The number of amides is 1. The molecule has 4 nitrogen and oxygen atoms in total. The second kappa shape index (κ2) is 6.08. The lowest BCUT2D eigenvalue weighted by atomic mass is 10.2. The van der Waals surface area contributed by atoms with Gasteiger partial charge in [-0.3, -0.25) is 9.59 Å². The number of thiophene rings is 1. The van der Waals surface area contributed by atoms with E-state index in [4.69, 9.17) is 0 Å². The summed E-state index contributed by atoms with van der Waals surface area (Å²) in [5.74, 6) is -0.0914. The fraction of sp³-hybridized carbons (Fsp3) is 0.308. The van der Waals surface area contributed by atoms with Crippen molar-refractivity contribution < 1.29 is 9.59 Å². The monoisotopic (exact) mass is 294 g/mol. The molecule has 1 amide bonds. The average Bonchev–Trinajstić information content (AvgIpc) is 2.96. The van der Waals surface area contributed by atoms with Crippen LogP contribution in [-0.2, 0) is 11.2 Å². The summed E-state index contributed by atoms with van der Waals surface area (Å²) in [4.78, 5) is 29.1. The predicted octanol–water partition coefficient (Wildman–Crippen LogP) is 3.29. The Morgan fingerprint density at radius 3 is 2.79 bits per heavy atom. The first-order chi connectivity index (χ1) is 9.06. The molecule has 0 atom stereocenters. The Kier molecular flexibility index (Phi) is 4.44. The highest BCUT2D eigenvalue weighted by Gasteiger charge is 2.13. The molecule has 0 fully saturated rings. The summed E-state index contributed by atoms with van der Waals surface area (Å²) in [6.45, 7) is 3.28. The zero-order chi connectivity index (χ0) is 13.8. The van der Waals surface area contributed by atoms with Crippen LogP contribution in [0.15, 0.2) is 17.5 Å². The molecule has 0 saturated heterocycles. The molecular weight excluding hydrogens is 280 g/mol. The molecule has 0 radical (unpaired) electrons. The second-order valence-electron chi connectivity index (χ2n) is 4.12. The molecule has 100 valence electrons. The predicted molar refractivity (Wildman–Crippen MR) is 78.1 cm³/mol. The summed E-state index contributed by atoms with van der Waals surface area (Å²) < 4.78 is 0. The number of nitrogens with zero attached hydrogens (tertiary/aromatic N) is 1. The highest BCUT2D eigenvalue weighted by molar-refractivity contribution is 7.17. The van der Waals surface area contributed by atoms with E-state index in [9.17, 15) is 9.59 Å². The molecule has 0 saturated carbocycles. The number of ketones is 1. The lowest BCUT2D eigenvalue weighted by molar-refractivity contribution is -0.116. The third-order valence-corrected chi connectivity index (χ3v) is 4.65. The van der Waals surface area contributed by atoms with Gasteiger partial charge in [0, 0.05) is 18.2 Å². The zero-order valence-electron chi connectivity index (χ0n) is 10.7. The van der Waals surface area contributed by atoms with E-state index in [-0.39, 0.29) is 11.7 Å². The van der Waals surface area contributed by atoms with Crippen LogP contribution in [0.4, 0.5) is 5.13 Å². The number of anilines is 1. The van der Waals surface area contributed by atoms with Crippen LogP contribution >= 0.6 is 22.7 Å². The van der Waals surface area contributed by atoms with Crippen molar-refractivity contribution in [3.8, 4) is 0 Å². The number of Topliss-reactive ketones (excluding diaryl/α,β-unsaturated/α-hetero) is 1. The summed E-state index contributed by atoms with van der Waals surface area (Å²) in [5, 5.41) is 5.24. The first-order valence-electron chi connectivity index (χ1n) is 5.87. The molecule has 0 aliphatic rings. The fourth-order valence-corrected chi connectivity index (χ4v) is 3.24. The Balaban J connectivity index is 1.91. The summed E-state index contributed by atoms with van der Waals surface area (Å²) in [5.41, 5.74) is 0.672. The van der Waals surface area contributed by atoms with Crippen LogP contribution in [0.2, 0.25) is 0 Å². The van der Waals surface area contributed by atoms with Gasteiger partial charge in [-0.05, 0) is 24.8 Å². The number of thiazole rings is 1. The normalized spacial score (nSPS) is 10.4. The largest absolute Gasteiger partial charge is 0.302 e. The number of carbonyl (C=O) groups excluding carboxylic acids is 2. The molecule has 1 N–H and O–H groups in total. The summed E-state index contributed by atoms with van der Waals surface area (Å²) in [6, 6.07) is 3.99. The fourth-order valence-electron chi connectivity index (χ4n) is 1.65. The van der Waals surface area contributed by atoms with E-state index in [0.717, 1.165) is 6.42 Å². The Labute approximate surface area is 119 Å². The number of hydrogen-bond donors (Lipinski definition) is 1. The highest BCUT2D eigenvalue weighted by atomic mass is 32.1. The molecule has 0 aliphatic heterocycles. The molecule has 0 aliphatic carbocycles. The third-order valence-electron chi connectivity index (χ3n) is 2.54. The molecular formula is C13H14N2O2S2. The van der Waals surface area contributed by atoms with E-state index in [1.807, 2.05) is 17.5 Å². The van der Waals surface area contributed by atoms with Crippen LogP contribution < -0.4 is 5.32 Å². The summed E-state index contributed by atoms with van der Waals surface area (Å²) in [6.07, 6.45) is 1.15. The van der Waals surface area contributed by atoms with Crippen LogP contribution in [0.3, 0.4) is 0 Å². The van der Waals surface area contributed by atoms with Crippen molar-refractivity contribution in [1.82, 2.24) is 4.98 Å². The van der Waals surface area contributed by atoms with Gasteiger partial charge in [0.25, 0.3) is 0 Å². The van der Waals surface area contributed by atoms with Gasteiger partial charge < -0.3 is 5.32 Å². The van der Waals surface area contributed by atoms with E-state index in [2.05, 4.69) is 10.3 Å². The van der Waals surface area contributed by atoms with Gasteiger partial charge in [0.1, 0.15) is 0 Å². The Hall–Kier alpha value is -1.53. The van der Waals surface area contributed by atoms with Gasteiger partial charge in [0.05, 0.1) is 10.6 Å². The van der Waals surface area contributed by atoms with Crippen molar-refractivity contribution >= 4 is 39.5 Å². The van der Waals surface area contributed by atoms with Gasteiger partial charge in [0.2, 0.25) is 5.91 Å². The maximum absolute atomic E-state index is 11.8. The average molecular weight is 294 g/mol. The Bertz CT molecular complexity index is 588. The van der Waals surface area contributed by atoms with E-state index < -0.39 is 0 Å². The number of nitrogens with one attached hydrogen (secondary N) is 1. The third kappa shape index (κ3) is 3.71. The smallest absolute Gasteiger partial charge is 0.226 e. The van der Waals surface area contributed by atoms with Gasteiger partial charge in [-0.15, -0.1) is 11.3 Å². The lowest BCUT2D eigenvalue weighted by Gasteiger charge is -1.99. The minimum Gasteiger partial charge on any atom is -0.302 e. The quantitative estimate of drug-likeness (QED) is 0.861. The number of rotatable bonds is 5.